The van der Waals surface area contributed by atoms with Crippen molar-refractivity contribution >= 4 is 5.78 Å². The van der Waals surface area contributed by atoms with Crippen LogP contribution in [0.15, 0.2) is 12.1 Å². The second-order valence-corrected chi connectivity index (χ2v) is 7.38. The minimum absolute atomic E-state index is 0.211. The average molecular weight is 345 g/mol. The van der Waals surface area contributed by atoms with Crippen LogP contribution in [0, 0.1) is 5.92 Å². The molecular formula is C21H31NO3. The van der Waals surface area contributed by atoms with Crippen LogP contribution >= 0.6 is 0 Å². The van der Waals surface area contributed by atoms with Crippen LogP contribution in [-0.4, -0.2) is 38.0 Å². The lowest BCUT2D eigenvalue weighted by atomic mass is 9.81. The third kappa shape index (κ3) is 3.84. The Morgan fingerprint density at radius 2 is 1.88 bits per heavy atom. The van der Waals surface area contributed by atoms with Gasteiger partial charge in [0.25, 0.3) is 0 Å². The van der Waals surface area contributed by atoms with E-state index in [1.807, 2.05) is 0 Å². The molecule has 2 aliphatic heterocycles. The zero-order chi connectivity index (χ0) is 17.8. The zero-order valence-corrected chi connectivity index (χ0v) is 15.8. The van der Waals surface area contributed by atoms with Gasteiger partial charge in [-0.1, -0.05) is 32.6 Å². The zero-order valence-electron chi connectivity index (χ0n) is 15.8. The van der Waals surface area contributed by atoms with Gasteiger partial charge < -0.3 is 9.47 Å². The third-order valence-electron chi connectivity index (χ3n) is 5.82. The number of unbranched alkanes of at least 4 members (excludes halogenated alkanes) is 3. The number of carbonyl (C=O) groups excluding carboxylic acids is 1. The van der Waals surface area contributed by atoms with Crippen LogP contribution in [-0.2, 0) is 11.2 Å². The van der Waals surface area contributed by atoms with Gasteiger partial charge in [0.05, 0.1) is 14.2 Å². The maximum absolute atomic E-state index is 12.7. The van der Waals surface area contributed by atoms with Gasteiger partial charge >= 0.3 is 0 Å². The molecule has 2 atom stereocenters. The molecule has 2 aliphatic rings. The SMILES string of the molecule is CCCCCCC1CN2CCc3cc(OC)c(OC)cc3C2CC1=O. The lowest BCUT2D eigenvalue weighted by Crippen LogP contribution is -2.46. The Morgan fingerprint density at radius 1 is 1.12 bits per heavy atom. The van der Waals surface area contributed by atoms with E-state index in [9.17, 15) is 4.79 Å². The van der Waals surface area contributed by atoms with Gasteiger partial charge in [-0.15, -0.1) is 0 Å². The second-order valence-electron chi connectivity index (χ2n) is 7.38. The molecule has 4 heteroatoms. The summed E-state index contributed by atoms with van der Waals surface area (Å²) in [5, 5.41) is 0. The van der Waals surface area contributed by atoms with E-state index < -0.39 is 0 Å². The fourth-order valence-electron chi connectivity index (χ4n) is 4.35. The van der Waals surface area contributed by atoms with Crippen molar-refractivity contribution in [2.24, 2.45) is 5.92 Å². The summed E-state index contributed by atoms with van der Waals surface area (Å²) in [5.41, 5.74) is 2.55. The van der Waals surface area contributed by atoms with Crippen LogP contribution < -0.4 is 9.47 Å². The van der Waals surface area contributed by atoms with Crippen LogP contribution in [0.4, 0.5) is 0 Å². The number of carbonyl (C=O) groups is 1. The number of methoxy groups -OCH3 is 2. The summed E-state index contributed by atoms with van der Waals surface area (Å²) >= 11 is 0. The molecule has 3 rings (SSSR count). The van der Waals surface area contributed by atoms with Crippen molar-refractivity contribution in [3.63, 3.8) is 0 Å². The van der Waals surface area contributed by atoms with Gasteiger partial charge in [0, 0.05) is 31.5 Å². The summed E-state index contributed by atoms with van der Waals surface area (Å²) in [6.45, 7) is 4.18. The average Bonchev–Trinajstić information content (AvgIpc) is 2.64. The highest BCUT2D eigenvalue weighted by Gasteiger charge is 2.38. The van der Waals surface area contributed by atoms with Crippen molar-refractivity contribution < 1.29 is 14.3 Å². The van der Waals surface area contributed by atoms with E-state index in [0.717, 1.165) is 37.4 Å². The molecule has 138 valence electrons. The third-order valence-corrected chi connectivity index (χ3v) is 5.82. The molecule has 0 radical (unpaired) electrons. The predicted octanol–water partition coefficient (Wildman–Crippen LogP) is 4.16. The molecule has 0 amide bonds. The molecule has 0 saturated carbocycles. The summed E-state index contributed by atoms with van der Waals surface area (Å²) in [7, 11) is 3.34. The smallest absolute Gasteiger partial charge is 0.161 e. The fourth-order valence-corrected chi connectivity index (χ4v) is 4.35. The van der Waals surface area contributed by atoms with E-state index in [-0.39, 0.29) is 12.0 Å². The molecule has 0 aliphatic carbocycles. The van der Waals surface area contributed by atoms with Crippen LogP contribution in [0.25, 0.3) is 0 Å². The number of benzene rings is 1. The highest BCUT2D eigenvalue weighted by Crippen LogP contribution is 2.42. The predicted molar refractivity (Wildman–Crippen MR) is 99.4 cm³/mol. The van der Waals surface area contributed by atoms with E-state index in [2.05, 4.69) is 24.0 Å². The Bertz CT molecular complexity index is 613. The molecular weight excluding hydrogens is 314 g/mol. The first-order chi connectivity index (χ1) is 12.2. The molecule has 0 aromatic heterocycles. The standard InChI is InChI=1S/C21H31NO3/c1-4-5-6-7-8-16-14-22-10-9-15-11-20(24-2)21(25-3)12-17(15)18(22)13-19(16)23/h11-12,16,18H,4-10,13-14H2,1-3H3. The van der Waals surface area contributed by atoms with E-state index in [1.165, 1.54) is 36.8 Å². The molecule has 1 aromatic carbocycles. The number of hydrogen-bond acceptors (Lipinski definition) is 4. The lowest BCUT2D eigenvalue weighted by Gasteiger charge is -2.43. The Labute approximate surface area is 151 Å². The number of piperidine rings is 1. The monoisotopic (exact) mass is 345 g/mol. The first-order valence-electron chi connectivity index (χ1n) is 9.69. The molecule has 0 N–H and O–H groups in total. The van der Waals surface area contributed by atoms with Crippen LogP contribution in [0.3, 0.4) is 0 Å². The van der Waals surface area contributed by atoms with E-state index in [0.29, 0.717) is 12.2 Å². The topological polar surface area (TPSA) is 38.8 Å². The number of rotatable bonds is 7. The van der Waals surface area contributed by atoms with E-state index in [1.54, 1.807) is 14.2 Å². The number of ketones is 1. The van der Waals surface area contributed by atoms with Crippen molar-refractivity contribution in [1.82, 2.24) is 4.90 Å². The van der Waals surface area contributed by atoms with Crippen molar-refractivity contribution in [2.45, 2.75) is 57.9 Å². The van der Waals surface area contributed by atoms with Gasteiger partial charge in [0.15, 0.2) is 11.5 Å². The van der Waals surface area contributed by atoms with Gasteiger partial charge in [-0.3, -0.25) is 9.69 Å². The van der Waals surface area contributed by atoms with Crippen LogP contribution in [0.1, 0.15) is 62.6 Å². The first kappa shape index (κ1) is 18.2. The van der Waals surface area contributed by atoms with E-state index >= 15 is 0 Å². The summed E-state index contributed by atoms with van der Waals surface area (Å²) in [6.07, 6.45) is 7.68. The van der Waals surface area contributed by atoms with Crippen molar-refractivity contribution in [1.29, 1.82) is 0 Å². The molecule has 4 nitrogen and oxygen atoms in total. The Morgan fingerprint density at radius 3 is 2.60 bits per heavy atom. The maximum atomic E-state index is 12.7. The maximum Gasteiger partial charge on any atom is 0.161 e. The summed E-state index contributed by atoms with van der Waals surface area (Å²) in [6, 6.07) is 4.38. The number of nitrogens with zero attached hydrogens (tertiary/aromatic N) is 1. The number of ether oxygens (including phenoxy) is 2. The molecule has 2 unspecified atom stereocenters. The highest BCUT2D eigenvalue weighted by atomic mass is 16.5. The molecule has 1 saturated heterocycles. The normalized spacial score (nSPS) is 23.1. The fraction of sp³-hybridized carbons (Fsp3) is 0.667. The van der Waals surface area contributed by atoms with Crippen LogP contribution in [0.2, 0.25) is 0 Å². The Balaban J connectivity index is 1.73. The first-order valence-corrected chi connectivity index (χ1v) is 9.69. The second kappa shape index (κ2) is 8.22. The molecule has 1 aromatic rings. The Hall–Kier alpha value is -1.55. The lowest BCUT2D eigenvalue weighted by molar-refractivity contribution is -0.129. The molecule has 0 bridgehead atoms. The quantitative estimate of drug-likeness (QED) is 0.696. The number of Topliss-reactive ketones (excluding diaryl/α,β-unsaturated/α-hetero) is 1. The van der Waals surface area contributed by atoms with Crippen molar-refractivity contribution in [2.75, 3.05) is 27.3 Å². The van der Waals surface area contributed by atoms with E-state index in [4.69, 9.17) is 9.47 Å². The van der Waals surface area contributed by atoms with Gasteiger partial charge in [0.1, 0.15) is 5.78 Å². The number of hydrogen-bond donors (Lipinski definition) is 0. The number of fused-ring (bicyclic) bond motifs is 3. The summed E-state index contributed by atoms with van der Waals surface area (Å²) in [5.74, 6) is 2.22. The minimum Gasteiger partial charge on any atom is -0.493 e. The minimum atomic E-state index is 0.211. The highest BCUT2D eigenvalue weighted by molar-refractivity contribution is 5.83. The summed E-state index contributed by atoms with van der Waals surface area (Å²) in [4.78, 5) is 15.2. The van der Waals surface area contributed by atoms with Gasteiger partial charge in [0.2, 0.25) is 0 Å². The van der Waals surface area contributed by atoms with Gasteiger partial charge in [-0.25, -0.2) is 0 Å². The molecule has 0 spiro atoms. The van der Waals surface area contributed by atoms with Gasteiger partial charge in [-0.05, 0) is 36.1 Å². The largest absolute Gasteiger partial charge is 0.493 e. The van der Waals surface area contributed by atoms with Gasteiger partial charge in [-0.2, -0.15) is 0 Å². The Kier molecular flexibility index (Phi) is 6.00. The molecule has 25 heavy (non-hydrogen) atoms. The summed E-state index contributed by atoms with van der Waals surface area (Å²) < 4.78 is 10.9. The van der Waals surface area contributed by atoms with Crippen molar-refractivity contribution in [3.8, 4) is 11.5 Å². The molecule has 1 fully saturated rings. The van der Waals surface area contributed by atoms with Crippen LogP contribution in [0.5, 0.6) is 11.5 Å². The molecule has 2 heterocycles. The van der Waals surface area contributed by atoms with Crippen molar-refractivity contribution in [3.05, 3.63) is 23.3 Å².